The summed E-state index contributed by atoms with van der Waals surface area (Å²) < 4.78 is 5.42. The molecule has 0 saturated carbocycles. The van der Waals surface area contributed by atoms with Crippen molar-refractivity contribution < 1.29 is 14.6 Å². The predicted molar refractivity (Wildman–Crippen MR) is 68.3 cm³/mol. The Morgan fingerprint density at radius 2 is 2.33 bits per heavy atom. The van der Waals surface area contributed by atoms with E-state index < -0.39 is 5.41 Å². The number of carbonyl (C=O) groups excluding carboxylic acids is 1. The highest BCUT2D eigenvalue weighted by atomic mass is 16.5. The average Bonchev–Trinajstić information content (AvgIpc) is 2.68. The van der Waals surface area contributed by atoms with Crippen LogP contribution in [0.3, 0.4) is 0 Å². The standard InChI is InChI=1S/C13H18N2O3/c1-3-18-11-6-4-5-10(7-11)15-8-13(2,9-16)12(17)14-15/h4-7,16H,3,8-9H2,1-2H3,(H,14,17). The highest BCUT2D eigenvalue weighted by Crippen LogP contribution is 2.28. The van der Waals surface area contributed by atoms with Gasteiger partial charge in [-0.25, -0.2) is 0 Å². The van der Waals surface area contributed by atoms with Gasteiger partial charge in [-0.15, -0.1) is 0 Å². The Labute approximate surface area is 106 Å². The van der Waals surface area contributed by atoms with E-state index in [2.05, 4.69) is 5.43 Å². The lowest BCUT2D eigenvalue weighted by molar-refractivity contribution is -0.128. The summed E-state index contributed by atoms with van der Waals surface area (Å²) in [7, 11) is 0. The van der Waals surface area contributed by atoms with Gasteiger partial charge in [-0.3, -0.25) is 15.2 Å². The lowest BCUT2D eigenvalue weighted by Crippen LogP contribution is -2.34. The minimum absolute atomic E-state index is 0.160. The molecule has 98 valence electrons. The number of anilines is 1. The molecule has 1 unspecified atom stereocenters. The minimum Gasteiger partial charge on any atom is -0.494 e. The quantitative estimate of drug-likeness (QED) is 0.834. The van der Waals surface area contributed by atoms with Gasteiger partial charge in [0, 0.05) is 6.07 Å². The number of amides is 1. The molecule has 1 saturated heterocycles. The van der Waals surface area contributed by atoms with Crippen molar-refractivity contribution >= 4 is 11.6 Å². The molecule has 1 aromatic carbocycles. The van der Waals surface area contributed by atoms with Crippen molar-refractivity contribution in [2.24, 2.45) is 5.41 Å². The van der Waals surface area contributed by atoms with E-state index in [1.165, 1.54) is 0 Å². The third-order valence-electron chi connectivity index (χ3n) is 3.08. The molecule has 1 heterocycles. The Balaban J connectivity index is 2.18. The van der Waals surface area contributed by atoms with Crippen LogP contribution in [-0.4, -0.2) is 30.8 Å². The van der Waals surface area contributed by atoms with Gasteiger partial charge in [-0.1, -0.05) is 6.07 Å². The fourth-order valence-corrected chi connectivity index (χ4v) is 1.90. The summed E-state index contributed by atoms with van der Waals surface area (Å²) in [6.45, 7) is 4.55. The van der Waals surface area contributed by atoms with Gasteiger partial charge in [-0.05, 0) is 26.0 Å². The molecular formula is C13H18N2O3. The van der Waals surface area contributed by atoms with E-state index in [9.17, 15) is 9.90 Å². The molecular weight excluding hydrogens is 232 g/mol. The first-order valence-corrected chi connectivity index (χ1v) is 6.01. The smallest absolute Gasteiger partial charge is 0.248 e. The minimum atomic E-state index is -0.748. The summed E-state index contributed by atoms with van der Waals surface area (Å²) >= 11 is 0. The van der Waals surface area contributed by atoms with Crippen LogP contribution in [0.4, 0.5) is 5.69 Å². The van der Waals surface area contributed by atoms with Crippen molar-refractivity contribution in [1.82, 2.24) is 5.43 Å². The van der Waals surface area contributed by atoms with Crippen LogP contribution < -0.4 is 15.2 Å². The predicted octanol–water partition coefficient (Wildman–Crippen LogP) is 0.935. The largest absolute Gasteiger partial charge is 0.494 e. The average molecular weight is 250 g/mol. The second-order valence-electron chi connectivity index (χ2n) is 4.68. The van der Waals surface area contributed by atoms with E-state index in [0.29, 0.717) is 13.2 Å². The fourth-order valence-electron chi connectivity index (χ4n) is 1.90. The molecule has 1 aromatic rings. The lowest BCUT2D eigenvalue weighted by Gasteiger charge is -2.20. The summed E-state index contributed by atoms with van der Waals surface area (Å²) in [5.74, 6) is 0.605. The molecule has 0 radical (unpaired) electrons. The molecule has 1 atom stereocenters. The Bertz CT molecular complexity index is 450. The molecule has 1 fully saturated rings. The second-order valence-corrected chi connectivity index (χ2v) is 4.68. The zero-order valence-electron chi connectivity index (χ0n) is 10.6. The molecule has 0 aliphatic carbocycles. The Morgan fingerprint density at radius 3 is 2.94 bits per heavy atom. The number of ether oxygens (including phenoxy) is 1. The first-order chi connectivity index (χ1) is 8.59. The normalized spacial score (nSPS) is 23.1. The van der Waals surface area contributed by atoms with E-state index in [1.807, 2.05) is 31.2 Å². The molecule has 1 amide bonds. The van der Waals surface area contributed by atoms with Crippen LogP contribution in [0.25, 0.3) is 0 Å². The number of benzene rings is 1. The van der Waals surface area contributed by atoms with Gasteiger partial charge >= 0.3 is 0 Å². The van der Waals surface area contributed by atoms with Crippen LogP contribution in [-0.2, 0) is 4.79 Å². The van der Waals surface area contributed by atoms with Gasteiger partial charge in [0.15, 0.2) is 0 Å². The summed E-state index contributed by atoms with van der Waals surface area (Å²) in [5, 5.41) is 11.0. The SMILES string of the molecule is CCOc1cccc(N2CC(C)(CO)C(=O)N2)c1. The van der Waals surface area contributed by atoms with Crippen molar-refractivity contribution in [3.05, 3.63) is 24.3 Å². The summed E-state index contributed by atoms with van der Waals surface area (Å²) in [6, 6.07) is 7.51. The molecule has 0 spiro atoms. The number of aliphatic hydroxyl groups excluding tert-OH is 1. The van der Waals surface area contributed by atoms with Crippen LogP contribution in [0, 0.1) is 5.41 Å². The van der Waals surface area contributed by atoms with Crippen LogP contribution in [0.1, 0.15) is 13.8 Å². The summed E-state index contributed by atoms with van der Waals surface area (Å²) in [5.41, 5.74) is 2.86. The van der Waals surface area contributed by atoms with E-state index in [1.54, 1.807) is 11.9 Å². The lowest BCUT2D eigenvalue weighted by atomic mass is 9.92. The van der Waals surface area contributed by atoms with Gasteiger partial charge in [0.25, 0.3) is 0 Å². The van der Waals surface area contributed by atoms with Gasteiger partial charge in [0.05, 0.1) is 30.9 Å². The van der Waals surface area contributed by atoms with Crippen molar-refractivity contribution in [2.75, 3.05) is 24.8 Å². The fraction of sp³-hybridized carbons (Fsp3) is 0.462. The maximum atomic E-state index is 11.8. The van der Waals surface area contributed by atoms with E-state index in [-0.39, 0.29) is 12.5 Å². The number of nitrogens with one attached hydrogen (secondary N) is 1. The molecule has 0 aromatic heterocycles. The van der Waals surface area contributed by atoms with Crippen molar-refractivity contribution in [1.29, 1.82) is 0 Å². The zero-order chi connectivity index (χ0) is 13.2. The molecule has 18 heavy (non-hydrogen) atoms. The number of hydrogen-bond acceptors (Lipinski definition) is 4. The van der Waals surface area contributed by atoms with E-state index >= 15 is 0 Å². The monoisotopic (exact) mass is 250 g/mol. The number of nitrogens with zero attached hydrogens (tertiary/aromatic N) is 1. The second kappa shape index (κ2) is 4.86. The maximum absolute atomic E-state index is 11.8. The molecule has 1 aliphatic rings. The third-order valence-corrected chi connectivity index (χ3v) is 3.08. The Morgan fingerprint density at radius 1 is 1.56 bits per heavy atom. The van der Waals surface area contributed by atoms with Crippen LogP contribution in [0.2, 0.25) is 0 Å². The molecule has 2 rings (SSSR count). The van der Waals surface area contributed by atoms with E-state index in [4.69, 9.17) is 4.74 Å². The Kier molecular flexibility index (Phi) is 3.43. The van der Waals surface area contributed by atoms with Gasteiger partial charge in [-0.2, -0.15) is 0 Å². The third kappa shape index (κ3) is 2.26. The number of carbonyl (C=O) groups is 1. The van der Waals surface area contributed by atoms with Crippen LogP contribution >= 0.6 is 0 Å². The number of hydrazine groups is 1. The van der Waals surface area contributed by atoms with Crippen LogP contribution in [0.15, 0.2) is 24.3 Å². The first-order valence-electron chi connectivity index (χ1n) is 6.01. The van der Waals surface area contributed by atoms with Crippen molar-refractivity contribution in [3.8, 4) is 5.75 Å². The summed E-state index contributed by atoms with van der Waals surface area (Å²) in [4.78, 5) is 11.8. The topological polar surface area (TPSA) is 61.8 Å². The number of aliphatic hydroxyl groups is 1. The highest BCUT2D eigenvalue weighted by molar-refractivity contribution is 5.87. The maximum Gasteiger partial charge on any atom is 0.248 e. The zero-order valence-corrected chi connectivity index (χ0v) is 10.6. The van der Waals surface area contributed by atoms with Crippen LogP contribution in [0.5, 0.6) is 5.75 Å². The van der Waals surface area contributed by atoms with Gasteiger partial charge in [0.1, 0.15) is 5.75 Å². The molecule has 5 nitrogen and oxygen atoms in total. The molecule has 2 N–H and O–H groups in total. The van der Waals surface area contributed by atoms with Gasteiger partial charge < -0.3 is 9.84 Å². The molecule has 0 bridgehead atoms. The first kappa shape index (κ1) is 12.7. The highest BCUT2D eigenvalue weighted by Gasteiger charge is 2.41. The summed E-state index contributed by atoms with van der Waals surface area (Å²) in [6.07, 6.45) is 0. The Hall–Kier alpha value is -1.75. The number of hydrogen-bond donors (Lipinski definition) is 2. The van der Waals surface area contributed by atoms with Gasteiger partial charge in [0.2, 0.25) is 5.91 Å². The van der Waals surface area contributed by atoms with Crippen molar-refractivity contribution in [3.63, 3.8) is 0 Å². The molecule has 1 aliphatic heterocycles. The van der Waals surface area contributed by atoms with E-state index in [0.717, 1.165) is 11.4 Å². The number of rotatable bonds is 4. The molecule has 5 heteroatoms. The van der Waals surface area contributed by atoms with Crippen molar-refractivity contribution in [2.45, 2.75) is 13.8 Å².